The molecule has 6 heteroatoms. The van der Waals surface area contributed by atoms with Crippen LogP contribution >= 0.6 is 0 Å². The van der Waals surface area contributed by atoms with Crippen LogP contribution in [0, 0.1) is 0 Å². The number of amides is 2. The lowest BCUT2D eigenvalue weighted by Crippen LogP contribution is -2.65. The number of hydrogen-bond donors (Lipinski definition) is 1. The fraction of sp³-hybridized carbons (Fsp3) is 0.833. The summed E-state index contributed by atoms with van der Waals surface area (Å²) in [6.07, 6.45) is 0.931. The van der Waals surface area contributed by atoms with Crippen molar-refractivity contribution in [3.8, 4) is 0 Å². The van der Waals surface area contributed by atoms with E-state index in [-0.39, 0.29) is 12.6 Å². The smallest absolute Gasteiger partial charge is 0.329 e. The molecule has 0 radical (unpaired) electrons. The third-order valence-corrected chi connectivity index (χ3v) is 3.01. The summed E-state index contributed by atoms with van der Waals surface area (Å²) in [5.41, 5.74) is -0.514. The lowest BCUT2D eigenvalue weighted by molar-refractivity contribution is -0.160. The van der Waals surface area contributed by atoms with E-state index in [0.29, 0.717) is 19.6 Å². The van der Waals surface area contributed by atoms with Crippen molar-refractivity contribution in [3.05, 3.63) is 0 Å². The number of likely N-dealkylation sites (tertiary alicyclic amines) is 1. The Balaban J connectivity index is 2.40. The van der Waals surface area contributed by atoms with Crippen molar-refractivity contribution in [3.63, 3.8) is 0 Å². The van der Waals surface area contributed by atoms with E-state index in [2.05, 4.69) is 0 Å². The number of carboxylic acids is 1. The van der Waals surface area contributed by atoms with E-state index in [1.807, 2.05) is 20.8 Å². The number of aliphatic carboxylic acids is 1. The molecule has 0 spiro atoms. The molecule has 0 saturated carbocycles. The predicted octanol–water partition coefficient (Wildman–Crippen LogP) is 1.01. The third kappa shape index (κ3) is 3.60. The monoisotopic (exact) mass is 258 g/mol. The molecule has 104 valence electrons. The van der Waals surface area contributed by atoms with Crippen LogP contribution < -0.4 is 0 Å². The Morgan fingerprint density at radius 3 is 2.44 bits per heavy atom. The van der Waals surface area contributed by atoms with Crippen LogP contribution in [0.1, 0.15) is 27.2 Å². The fourth-order valence-corrected chi connectivity index (χ4v) is 2.08. The van der Waals surface area contributed by atoms with Gasteiger partial charge in [-0.1, -0.05) is 6.92 Å². The van der Waals surface area contributed by atoms with E-state index < -0.39 is 11.6 Å². The molecule has 0 bridgehead atoms. The SMILES string of the molecule is CCCN(CC)C(=O)N1CC(C)(OCC(=O)O)C1. The summed E-state index contributed by atoms with van der Waals surface area (Å²) < 4.78 is 5.27. The first-order chi connectivity index (χ1) is 8.41. The van der Waals surface area contributed by atoms with Crippen LogP contribution in [0.4, 0.5) is 4.79 Å². The van der Waals surface area contributed by atoms with Gasteiger partial charge in [-0.05, 0) is 20.3 Å². The number of carboxylic acid groups (broad SMARTS) is 1. The number of rotatable bonds is 6. The zero-order chi connectivity index (χ0) is 13.8. The molecule has 0 unspecified atom stereocenters. The highest BCUT2D eigenvalue weighted by Crippen LogP contribution is 2.25. The van der Waals surface area contributed by atoms with E-state index >= 15 is 0 Å². The lowest BCUT2D eigenvalue weighted by atomic mass is 9.97. The van der Waals surface area contributed by atoms with Gasteiger partial charge in [0.2, 0.25) is 0 Å². The van der Waals surface area contributed by atoms with E-state index in [0.717, 1.165) is 13.0 Å². The highest BCUT2D eigenvalue weighted by molar-refractivity contribution is 5.75. The number of carbonyl (C=O) groups is 2. The Morgan fingerprint density at radius 1 is 1.39 bits per heavy atom. The van der Waals surface area contributed by atoms with Crippen LogP contribution in [0.5, 0.6) is 0 Å². The molecule has 0 aromatic heterocycles. The highest BCUT2D eigenvalue weighted by atomic mass is 16.5. The van der Waals surface area contributed by atoms with Gasteiger partial charge < -0.3 is 19.6 Å². The molecule has 0 aromatic carbocycles. The van der Waals surface area contributed by atoms with Gasteiger partial charge in [0.15, 0.2) is 0 Å². The lowest BCUT2D eigenvalue weighted by Gasteiger charge is -2.48. The summed E-state index contributed by atoms with van der Waals surface area (Å²) in [5.74, 6) is -0.984. The number of hydrogen-bond acceptors (Lipinski definition) is 3. The summed E-state index contributed by atoms with van der Waals surface area (Å²) in [7, 11) is 0. The maximum Gasteiger partial charge on any atom is 0.329 e. The van der Waals surface area contributed by atoms with E-state index in [1.54, 1.807) is 9.80 Å². The van der Waals surface area contributed by atoms with E-state index in [4.69, 9.17) is 9.84 Å². The van der Waals surface area contributed by atoms with Crippen molar-refractivity contribution in [1.82, 2.24) is 9.80 Å². The van der Waals surface area contributed by atoms with Crippen molar-refractivity contribution in [2.45, 2.75) is 32.8 Å². The van der Waals surface area contributed by atoms with E-state index in [1.165, 1.54) is 0 Å². The van der Waals surface area contributed by atoms with Crippen molar-refractivity contribution in [2.24, 2.45) is 0 Å². The van der Waals surface area contributed by atoms with Gasteiger partial charge >= 0.3 is 12.0 Å². The molecule has 2 amide bonds. The van der Waals surface area contributed by atoms with Crippen LogP contribution in [0.25, 0.3) is 0 Å². The maximum atomic E-state index is 12.1. The first-order valence-electron chi connectivity index (χ1n) is 6.31. The quantitative estimate of drug-likeness (QED) is 0.772. The van der Waals surface area contributed by atoms with Gasteiger partial charge in [-0.15, -0.1) is 0 Å². The first-order valence-corrected chi connectivity index (χ1v) is 6.31. The molecule has 1 heterocycles. The summed E-state index contributed by atoms with van der Waals surface area (Å²) in [6.45, 7) is 7.85. The van der Waals surface area contributed by atoms with Crippen molar-refractivity contribution >= 4 is 12.0 Å². The zero-order valence-corrected chi connectivity index (χ0v) is 11.3. The molecule has 1 saturated heterocycles. The van der Waals surface area contributed by atoms with Gasteiger partial charge in [0.1, 0.15) is 12.2 Å². The number of urea groups is 1. The summed E-state index contributed by atoms with van der Waals surface area (Å²) in [6, 6.07) is 0.00995. The molecule has 1 N–H and O–H groups in total. The van der Waals surface area contributed by atoms with Gasteiger partial charge in [-0.25, -0.2) is 9.59 Å². The second-order valence-electron chi connectivity index (χ2n) is 4.85. The van der Waals surface area contributed by atoms with E-state index in [9.17, 15) is 9.59 Å². The van der Waals surface area contributed by atoms with Crippen LogP contribution in [-0.4, -0.2) is 65.3 Å². The van der Waals surface area contributed by atoms with Crippen molar-refractivity contribution in [2.75, 3.05) is 32.8 Å². The zero-order valence-electron chi connectivity index (χ0n) is 11.3. The van der Waals surface area contributed by atoms with Crippen LogP contribution in [-0.2, 0) is 9.53 Å². The Kier molecular flexibility index (Phi) is 4.95. The van der Waals surface area contributed by atoms with Crippen LogP contribution in [0.15, 0.2) is 0 Å². The van der Waals surface area contributed by atoms with Crippen molar-refractivity contribution in [1.29, 1.82) is 0 Å². The topological polar surface area (TPSA) is 70.1 Å². The molecule has 0 atom stereocenters. The molecule has 1 fully saturated rings. The second-order valence-corrected chi connectivity index (χ2v) is 4.85. The second kappa shape index (κ2) is 6.04. The number of nitrogens with zero attached hydrogens (tertiary/aromatic N) is 2. The standard InChI is InChI=1S/C12H22N2O4/c1-4-6-13(5-2)11(17)14-8-12(3,9-14)18-7-10(15)16/h4-9H2,1-3H3,(H,15,16). The third-order valence-electron chi connectivity index (χ3n) is 3.01. The summed E-state index contributed by atoms with van der Waals surface area (Å²) >= 11 is 0. The fourth-order valence-electron chi connectivity index (χ4n) is 2.08. The maximum absolute atomic E-state index is 12.1. The Labute approximate surface area is 107 Å². The van der Waals surface area contributed by atoms with Crippen molar-refractivity contribution < 1.29 is 19.4 Å². The molecule has 0 aromatic rings. The average molecular weight is 258 g/mol. The Morgan fingerprint density at radius 2 is 2.00 bits per heavy atom. The summed E-state index contributed by atoms with van der Waals surface area (Å²) in [5, 5.41) is 8.55. The molecule has 18 heavy (non-hydrogen) atoms. The minimum absolute atomic E-state index is 0.00995. The minimum Gasteiger partial charge on any atom is -0.480 e. The molecule has 1 aliphatic heterocycles. The normalized spacial score (nSPS) is 17.2. The molecule has 6 nitrogen and oxygen atoms in total. The van der Waals surface area contributed by atoms with Gasteiger partial charge in [-0.2, -0.15) is 0 Å². The van der Waals surface area contributed by atoms with Gasteiger partial charge in [0.25, 0.3) is 0 Å². The highest BCUT2D eigenvalue weighted by Gasteiger charge is 2.43. The molecule has 1 rings (SSSR count). The van der Waals surface area contributed by atoms with Crippen LogP contribution in [0.3, 0.4) is 0 Å². The predicted molar refractivity (Wildman–Crippen MR) is 66.5 cm³/mol. The van der Waals surface area contributed by atoms with Crippen LogP contribution in [0.2, 0.25) is 0 Å². The summed E-state index contributed by atoms with van der Waals surface area (Å²) in [4.78, 5) is 26.0. The molecule has 1 aliphatic rings. The Hall–Kier alpha value is -1.30. The Bertz CT molecular complexity index is 313. The molecular formula is C12H22N2O4. The van der Waals surface area contributed by atoms with Gasteiger partial charge in [-0.3, -0.25) is 0 Å². The minimum atomic E-state index is -0.984. The first kappa shape index (κ1) is 14.8. The molecule has 0 aliphatic carbocycles. The number of carbonyl (C=O) groups excluding carboxylic acids is 1. The van der Waals surface area contributed by atoms with Gasteiger partial charge in [0, 0.05) is 13.1 Å². The molecular weight excluding hydrogens is 236 g/mol. The van der Waals surface area contributed by atoms with Gasteiger partial charge in [0.05, 0.1) is 13.1 Å². The average Bonchev–Trinajstić information content (AvgIpc) is 2.29. The number of ether oxygens (including phenoxy) is 1. The largest absolute Gasteiger partial charge is 0.480 e.